The number of hydrogen-bond acceptors (Lipinski definition) is 5. The second-order valence-electron chi connectivity index (χ2n) is 7.17. The standard InChI is InChI=1S/C21H19Cl2N3O3S2/c22-15-8-9-17(18(23)11-15)19-13-30-21(24-19)25-20(27)14-5-4-10-26(12-14)31(28,29)16-6-2-1-3-7-16/h1-3,6-9,11,13-14H,4-5,10,12H2,(H,24,25,27). The smallest absolute Gasteiger partial charge is 0.243 e. The molecule has 2 heterocycles. The number of rotatable bonds is 5. The number of carbonyl (C=O) groups excluding carboxylic acids is 1. The van der Waals surface area contributed by atoms with E-state index in [4.69, 9.17) is 23.2 Å². The number of aromatic nitrogens is 1. The van der Waals surface area contributed by atoms with Gasteiger partial charge in [-0.1, -0.05) is 41.4 Å². The molecular formula is C21H19Cl2N3O3S2. The molecule has 1 atom stereocenters. The highest BCUT2D eigenvalue weighted by Crippen LogP contribution is 2.33. The molecule has 1 aliphatic rings. The average Bonchev–Trinajstić information content (AvgIpc) is 3.22. The molecule has 0 radical (unpaired) electrons. The lowest BCUT2D eigenvalue weighted by molar-refractivity contribution is -0.120. The average molecular weight is 496 g/mol. The molecule has 1 aromatic heterocycles. The minimum Gasteiger partial charge on any atom is -0.302 e. The van der Waals surface area contributed by atoms with Crippen molar-refractivity contribution in [1.29, 1.82) is 0 Å². The van der Waals surface area contributed by atoms with Crippen LogP contribution >= 0.6 is 34.5 Å². The molecule has 31 heavy (non-hydrogen) atoms. The summed E-state index contributed by atoms with van der Waals surface area (Å²) in [6, 6.07) is 13.4. The molecular weight excluding hydrogens is 477 g/mol. The largest absolute Gasteiger partial charge is 0.302 e. The Morgan fingerprint density at radius 2 is 1.94 bits per heavy atom. The Labute approximate surface area is 194 Å². The summed E-state index contributed by atoms with van der Waals surface area (Å²) in [4.78, 5) is 17.5. The number of carbonyl (C=O) groups is 1. The molecule has 1 aliphatic heterocycles. The molecule has 10 heteroatoms. The number of piperidine rings is 1. The van der Waals surface area contributed by atoms with Crippen LogP contribution in [0.5, 0.6) is 0 Å². The molecule has 2 aromatic carbocycles. The van der Waals surface area contributed by atoms with Crippen molar-refractivity contribution in [2.45, 2.75) is 17.7 Å². The van der Waals surface area contributed by atoms with Crippen molar-refractivity contribution in [3.05, 3.63) is 64.0 Å². The van der Waals surface area contributed by atoms with Gasteiger partial charge in [-0.05, 0) is 43.2 Å². The molecule has 0 saturated carbocycles. The van der Waals surface area contributed by atoms with Gasteiger partial charge in [0.05, 0.1) is 21.5 Å². The third-order valence-corrected chi connectivity index (χ3v) is 8.26. The molecule has 6 nitrogen and oxygen atoms in total. The van der Waals surface area contributed by atoms with Gasteiger partial charge in [0, 0.05) is 29.1 Å². The maximum absolute atomic E-state index is 12.9. The molecule has 4 rings (SSSR count). The predicted molar refractivity (Wildman–Crippen MR) is 124 cm³/mol. The first kappa shape index (κ1) is 22.2. The molecule has 162 valence electrons. The number of sulfonamides is 1. The Bertz CT molecular complexity index is 1200. The summed E-state index contributed by atoms with van der Waals surface area (Å²) in [5.41, 5.74) is 1.36. The van der Waals surface area contributed by atoms with E-state index in [2.05, 4.69) is 10.3 Å². The number of benzene rings is 2. The van der Waals surface area contributed by atoms with Crippen LogP contribution in [-0.4, -0.2) is 36.7 Å². The van der Waals surface area contributed by atoms with Gasteiger partial charge in [0.15, 0.2) is 5.13 Å². The lowest BCUT2D eigenvalue weighted by atomic mass is 9.99. The molecule has 3 aromatic rings. The summed E-state index contributed by atoms with van der Waals surface area (Å²) in [6.07, 6.45) is 1.24. The van der Waals surface area contributed by atoms with Crippen LogP contribution in [0.4, 0.5) is 5.13 Å². The van der Waals surface area contributed by atoms with E-state index in [1.807, 2.05) is 0 Å². The summed E-state index contributed by atoms with van der Waals surface area (Å²) in [6.45, 7) is 0.543. The number of thiazole rings is 1. The van der Waals surface area contributed by atoms with E-state index in [0.717, 1.165) is 5.56 Å². The van der Waals surface area contributed by atoms with Gasteiger partial charge in [0.2, 0.25) is 15.9 Å². The van der Waals surface area contributed by atoms with E-state index >= 15 is 0 Å². The van der Waals surface area contributed by atoms with Gasteiger partial charge >= 0.3 is 0 Å². The second kappa shape index (κ2) is 9.26. The van der Waals surface area contributed by atoms with Crippen LogP contribution in [0.25, 0.3) is 11.3 Å². The Kier molecular flexibility index (Phi) is 6.64. The van der Waals surface area contributed by atoms with Gasteiger partial charge in [-0.3, -0.25) is 4.79 Å². The van der Waals surface area contributed by atoms with E-state index in [0.29, 0.717) is 40.3 Å². The zero-order valence-electron chi connectivity index (χ0n) is 16.3. The predicted octanol–water partition coefficient (Wildman–Crippen LogP) is 5.16. The third-order valence-electron chi connectivity index (χ3n) is 5.08. The van der Waals surface area contributed by atoms with E-state index < -0.39 is 15.9 Å². The maximum atomic E-state index is 12.9. The summed E-state index contributed by atoms with van der Waals surface area (Å²) in [7, 11) is -3.63. The lowest BCUT2D eigenvalue weighted by Gasteiger charge is -2.31. The molecule has 1 fully saturated rings. The SMILES string of the molecule is O=C(Nc1nc(-c2ccc(Cl)cc2Cl)cs1)C1CCCN(S(=O)(=O)c2ccccc2)C1. The van der Waals surface area contributed by atoms with Crippen molar-refractivity contribution in [2.75, 3.05) is 18.4 Å². The first-order valence-electron chi connectivity index (χ1n) is 9.61. The minimum atomic E-state index is -3.63. The van der Waals surface area contributed by atoms with E-state index in [1.165, 1.54) is 15.6 Å². The van der Waals surface area contributed by atoms with E-state index in [-0.39, 0.29) is 17.3 Å². The Morgan fingerprint density at radius 1 is 1.16 bits per heavy atom. The van der Waals surface area contributed by atoms with Crippen molar-refractivity contribution >= 4 is 55.6 Å². The zero-order chi connectivity index (χ0) is 22.0. The highest BCUT2D eigenvalue weighted by molar-refractivity contribution is 7.89. The summed E-state index contributed by atoms with van der Waals surface area (Å²) >= 11 is 13.5. The van der Waals surface area contributed by atoms with Gasteiger partial charge < -0.3 is 5.32 Å². The van der Waals surface area contributed by atoms with Crippen molar-refractivity contribution in [2.24, 2.45) is 5.92 Å². The number of halogens is 2. The Morgan fingerprint density at radius 3 is 2.68 bits per heavy atom. The second-order valence-corrected chi connectivity index (χ2v) is 10.8. The third kappa shape index (κ3) is 4.94. The zero-order valence-corrected chi connectivity index (χ0v) is 19.4. The fourth-order valence-corrected chi connectivity index (χ4v) is 6.24. The van der Waals surface area contributed by atoms with Crippen molar-refractivity contribution in [3.63, 3.8) is 0 Å². The minimum absolute atomic E-state index is 0.143. The lowest BCUT2D eigenvalue weighted by Crippen LogP contribution is -2.43. The van der Waals surface area contributed by atoms with Crippen molar-refractivity contribution in [1.82, 2.24) is 9.29 Å². The molecule has 1 unspecified atom stereocenters. The van der Waals surface area contributed by atoms with Crippen LogP contribution in [-0.2, 0) is 14.8 Å². The van der Waals surface area contributed by atoms with Crippen LogP contribution in [0.3, 0.4) is 0 Å². The topological polar surface area (TPSA) is 79.4 Å². The molecule has 1 saturated heterocycles. The van der Waals surface area contributed by atoms with E-state index in [9.17, 15) is 13.2 Å². The number of nitrogens with zero attached hydrogens (tertiary/aromatic N) is 2. The fraction of sp³-hybridized carbons (Fsp3) is 0.238. The number of hydrogen-bond donors (Lipinski definition) is 1. The summed E-state index contributed by atoms with van der Waals surface area (Å²) < 4.78 is 27.2. The van der Waals surface area contributed by atoms with Crippen molar-refractivity contribution in [3.8, 4) is 11.3 Å². The fourth-order valence-electron chi connectivity index (χ4n) is 3.48. The maximum Gasteiger partial charge on any atom is 0.243 e. The monoisotopic (exact) mass is 495 g/mol. The van der Waals surface area contributed by atoms with Gasteiger partial charge in [0.1, 0.15) is 0 Å². The van der Waals surface area contributed by atoms with Crippen LogP contribution in [0, 0.1) is 5.92 Å². The van der Waals surface area contributed by atoms with Crippen LogP contribution < -0.4 is 5.32 Å². The van der Waals surface area contributed by atoms with Gasteiger partial charge in [0.25, 0.3) is 0 Å². The van der Waals surface area contributed by atoms with Gasteiger partial charge in [-0.2, -0.15) is 4.31 Å². The van der Waals surface area contributed by atoms with Gasteiger partial charge in [-0.15, -0.1) is 11.3 Å². The molecule has 0 spiro atoms. The van der Waals surface area contributed by atoms with Crippen LogP contribution in [0.1, 0.15) is 12.8 Å². The molecule has 0 aliphatic carbocycles. The molecule has 1 N–H and O–H groups in total. The first-order valence-corrected chi connectivity index (χ1v) is 12.7. The quantitative estimate of drug-likeness (QED) is 0.530. The number of anilines is 1. The first-order chi connectivity index (χ1) is 14.8. The summed E-state index contributed by atoms with van der Waals surface area (Å²) in [5.74, 6) is -0.685. The Balaban J connectivity index is 1.45. The van der Waals surface area contributed by atoms with Crippen LogP contribution in [0.2, 0.25) is 10.0 Å². The Hall–Kier alpha value is -1.97. The highest BCUT2D eigenvalue weighted by Gasteiger charge is 2.33. The molecule has 1 amide bonds. The van der Waals surface area contributed by atoms with E-state index in [1.54, 1.807) is 53.9 Å². The summed E-state index contributed by atoms with van der Waals surface area (Å²) in [5, 5.41) is 6.07. The van der Waals surface area contributed by atoms with Crippen LogP contribution in [0.15, 0.2) is 58.8 Å². The normalized spacial score (nSPS) is 17.4. The van der Waals surface area contributed by atoms with Crippen molar-refractivity contribution < 1.29 is 13.2 Å². The highest BCUT2D eigenvalue weighted by atomic mass is 35.5. The van der Waals surface area contributed by atoms with Gasteiger partial charge in [-0.25, -0.2) is 13.4 Å². The number of amides is 1. The number of nitrogens with one attached hydrogen (secondary N) is 1. The molecule has 0 bridgehead atoms.